The van der Waals surface area contributed by atoms with Crippen molar-refractivity contribution in [1.29, 1.82) is 0 Å². The zero-order valence-corrected chi connectivity index (χ0v) is 9.73. The van der Waals surface area contributed by atoms with Gasteiger partial charge in [-0.25, -0.2) is 4.39 Å². The van der Waals surface area contributed by atoms with Crippen LogP contribution in [0.4, 0.5) is 10.1 Å². The molecule has 0 radical (unpaired) electrons. The van der Waals surface area contributed by atoms with E-state index in [0.29, 0.717) is 17.7 Å². The van der Waals surface area contributed by atoms with Crippen LogP contribution in [0.5, 0.6) is 0 Å². The van der Waals surface area contributed by atoms with Gasteiger partial charge in [0.15, 0.2) is 5.12 Å². The molecule has 0 heterocycles. The van der Waals surface area contributed by atoms with Gasteiger partial charge in [-0.3, -0.25) is 4.79 Å². The Morgan fingerprint density at radius 3 is 3.00 bits per heavy atom. The van der Waals surface area contributed by atoms with Crippen LogP contribution in [0.15, 0.2) is 18.2 Å². The van der Waals surface area contributed by atoms with Gasteiger partial charge in [-0.15, -0.1) is 0 Å². The minimum Gasteiger partial charge on any atom is -0.395 e. The van der Waals surface area contributed by atoms with Gasteiger partial charge >= 0.3 is 0 Å². The number of hydrogen-bond donors (Lipinski definition) is 1. The predicted octanol–water partition coefficient (Wildman–Crippen LogP) is 2.43. The van der Waals surface area contributed by atoms with Gasteiger partial charge in [0.1, 0.15) is 5.82 Å². The molecular formula is C12H12FNOS. The van der Waals surface area contributed by atoms with Gasteiger partial charge in [-0.2, -0.15) is 0 Å². The second kappa shape index (κ2) is 6.19. The van der Waals surface area contributed by atoms with Crippen LogP contribution in [-0.2, 0) is 4.79 Å². The highest BCUT2D eigenvalue weighted by Crippen LogP contribution is 2.14. The van der Waals surface area contributed by atoms with Crippen molar-refractivity contribution in [2.45, 2.75) is 13.3 Å². The largest absolute Gasteiger partial charge is 0.395 e. The van der Waals surface area contributed by atoms with Crippen LogP contribution in [0, 0.1) is 17.7 Å². The van der Waals surface area contributed by atoms with Gasteiger partial charge < -0.3 is 5.73 Å². The summed E-state index contributed by atoms with van der Waals surface area (Å²) in [5.41, 5.74) is 6.08. The molecule has 0 aromatic heterocycles. The molecular weight excluding hydrogens is 225 g/mol. The average molecular weight is 237 g/mol. The first kappa shape index (κ1) is 12.6. The van der Waals surface area contributed by atoms with E-state index in [4.69, 9.17) is 5.73 Å². The summed E-state index contributed by atoms with van der Waals surface area (Å²) in [5, 5.41) is 0.0760. The summed E-state index contributed by atoms with van der Waals surface area (Å²) in [6.07, 6.45) is 0.584. The van der Waals surface area contributed by atoms with E-state index in [1.807, 2.05) is 0 Å². The number of rotatable bonds is 2. The molecule has 0 atom stereocenters. The number of carbonyl (C=O) groups is 1. The Morgan fingerprint density at radius 2 is 2.31 bits per heavy atom. The molecule has 16 heavy (non-hydrogen) atoms. The van der Waals surface area contributed by atoms with E-state index in [-0.39, 0.29) is 10.8 Å². The lowest BCUT2D eigenvalue weighted by molar-refractivity contribution is -0.109. The standard InChI is InChI=1S/C12H12FNOS/c1-9(15)16-8-3-2-5-10-6-4-7-11(13)12(10)14/h4,6-7H,3,8,14H2,1H3. The molecule has 1 rings (SSSR count). The number of nitrogens with two attached hydrogens (primary N) is 1. The van der Waals surface area contributed by atoms with E-state index in [2.05, 4.69) is 11.8 Å². The lowest BCUT2D eigenvalue weighted by Gasteiger charge is -1.98. The molecule has 1 aromatic rings. The van der Waals surface area contributed by atoms with Crippen LogP contribution >= 0.6 is 11.8 Å². The van der Waals surface area contributed by atoms with Gasteiger partial charge in [-0.05, 0) is 12.1 Å². The number of halogens is 1. The fourth-order valence-corrected chi connectivity index (χ4v) is 1.54. The lowest BCUT2D eigenvalue weighted by Crippen LogP contribution is -1.94. The third-order valence-electron chi connectivity index (χ3n) is 1.81. The van der Waals surface area contributed by atoms with Gasteiger partial charge in [0.2, 0.25) is 0 Å². The predicted molar refractivity (Wildman–Crippen MR) is 65.4 cm³/mol. The number of hydrogen-bond acceptors (Lipinski definition) is 3. The topological polar surface area (TPSA) is 43.1 Å². The minimum absolute atomic E-state index is 0.0760. The van der Waals surface area contributed by atoms with Crippen molar-refractivity contribution in [3.8, 4) is 11.8 Å². The van der Waals surface area contributed by atoms with E-state index in [1.54, 1.807) is 12.1 Å². The lowest BCUT2D eigenvalue weighted by atomic mass is 10.2. The summed E-state index contributed by atoms with van der Waals surface area (Å²) in [7, 11) is 0. The monoisotopic (exact) mass is 237 g/mol. The van der Waals surface area contributed by atoms with Gasteiger partial charge in [0.25, 0.3) is 0 Å². The maximum Gasteiger partial charge on any atom is 0.185 e. The fourth-order valence-electron chi connectivity index (χ4n) is 1.05. The van der Waals surface area contributed by atoms with E-state index in [9.17, 15) is 9.18 Å². The Labute approximate surface area is 98.4 Å². The Balaban J connectivity index is 2.56. The summed E-state index contributed by atoms with van der Waals surface area (Å²) < 4.78 is 13.0. The van der Waals surface area contributed by atoms with Gasteiger partial charge in [-0.1, -0.05) is 29.7 Å². The molecule has 0 bridgehead atoms. The highest BCUT2D eigenvalue weighted by molar-refractivity contribution is 8.13. The maximum atomic E-state index is 13.0. The zero-order chi connectivity index (χ0) is 12.0. The van der Waals surface area contributed by atoms with Crippen molar-refractivity contribution >= 4 is 22.6 Å². The van der Waals surface area contributed by atoms with Crippen LogP contribution < -0.4 is 5.73 Å². The van der Waals surface area contributed by atoms with E-state index in [1.165, 1.54) is 24.8 Å². The molecule has 0 saturated carbocycles. The van der Waals surface area contributed by atoms with Crippen molar-refractivity contribution in [3.63, 3.8) is 0 Å². The third-order valence-corrected chi connectivity index (χ3v) is 2.62. The van der Waals surface area contributed by atoms with Crippen LogP contribution in [0.1, 0.15) is 18.9 Å². The van der Waals surface area contributed by atoms with Crippen molar-refractivity contribution in [3.05, 3.63) is 29.6 Å². The highest BCUT2D eigenvalue weighted by atomic mass is 32.2. The average Bonchev–Trinajstić information content (AvgIpc) is 2.23. The van der Waals surface area contributed by atoms with E-state index < -0.39 is 5.82 Å². The van der Waals surface area contributed by atoms with Crippen molar-refractivity contribution in [1.82, 2.24) is 0 Å². The summed E-state index contributed by atoms with van der Waals surface area (Å²) in [6, 6.07) is 4.54. The number of benzene rings is 1. The molecule has 0 unspecified atom stereocenters. The fraction of sp³-hybridized carbons (Fsp3) is 0.250. The van der Waals surface area contributed by atoms with Crippen LogP contribution in [-0.4, -0.2) is 10.9 Å². The second-order valence-electron chi connectivity index (χ2n) is 3.09. The smallest absolute Gasteiger partial charge is 0.185 e. The Kier molecular flexibility index (Phi) is 4.87. The van der Waals surface area contributed by atoms with Gasteiger partial charge in [0, 0.05) is 19.1 Å². The quantitative estimate of drug-likeness (QED) is 0.488. The number of anilines is 1. The first-order chi connectivity index (χ1) is 7.61. The van der Waals surface area contributed by atoms with Crippen molar-refractivity contribution in [2.24, 2.45) is 0 Å². The Bertz CT molecular complexity index is 448. The molecule has 2 N–H and O–H groups in total. The normalized spacial score (nSPS) is 9.38. The zero-order valence-electron chi connectivity index (χ0n) is 8.92. The molecule has 0 saturated heterocycles. The van der Waals surface area contributed by atoms with Crippen LogP contribution in [0.25, 0.3) is 0 Å². The third kappa shape index (κ3) is 3.95. The summed E-state index contributed by atoms with van der Waals surface area (Å²) in [4.78, 5) is 10.6. The molecule has 1 aromatic carbocycles. The highest BCUT2D eigenvalue weighted by Gasteiger charge is 2.00. The molecule has 4 heteroatoms. The van der Waals surface area contributed by atoms with Gasteiger partial charge in [0.05, 0.1) is 11.3 Å². The summed E-state index contributed by atoms with van der Waals surface area (Å²) >= 11 is 1.23. The van der Waals surface area contributed by atoms with Crippen molar-refractivity contribution in [2.75, 3.05) is 11.5 Å². The molecule has 84 valence electrons. The second-order valence-corrected chi connectivity index (χ2v) is 4.36. The molecule has 0 aliphatic carbocycles. The van der Waals surface area contributed by atoms with Crippen LogP contribution in [0.3, 0.4) is 0 Å². The Hall–Kier alpha value is -1.47. The molecule has 0 aliphatic rings. The van der Waals surface area contributed by atoms with E-state index in [0.717, 1.165) is 0 Å². The number of carbonyl (C=O) groups excluding carboxylic acids is 1. The minimum atomic E-state index is -0.454. The molecule has 0 spiro atoms. The maximum absolute atomic E-state index is 13.0. The first-order valence-corrected chi connectivity index (χ1v) is 5.76. The number of thioether (sulfide) groups is 1. The first-order valence-electron chi connectivity index (χ1n) is 4.77. The molecule has 0 aliphatic heterocycles. The molecule has 0 amide bonds. The SMILES string of the molecule is CC(=O)SCCC#Cc1cccc(F)c1N. The Morgan fingerprint density at radius 1 is 1.56 bits per heavy atom. The number of para-hydroxylation sites is 1. The van der Waals surface area contributed by atoms with E-state index >= 15 is 0 Å². The summed E-state index contributed by atoms with van der Waals surface area (Å²) in [5.74, 6) is 5.84. The summed E-state index contributed by atoms with van der Waals surface area (Å²) in [6.45, 7) is 1.52. The number of nitrogen functional groups attached to an aromatic ring is 1. The molecule has 2 nitrogen and oxygen atoms in total. The van der Waals surface area contributed by atoms with Crippen molar-refractivity contribution < 1.29 is 9.18 Å². The van der Waals surface area contributed by atoms with Crippen LogP contribution in [0.2, 0.25) is 0 Å². The molecule has 0 fully saturated rings.